The molecule has 0 aromatic heterocycles. The Morgan fingerprint density at radius 3 is 2.67 bits per heavy atom. The van der Waals surface area contributed by atoms with E-state index >= 15 is 0 Å². The molecule has 0 bridgehead atoms. The summed E-state index contributed by atoms with van der Waals surface area (Å²) in [5.74, 6) is 0.981. The molecular weight excluding hydrogens is 278 g/mol. The second-order valence-electron chi connectivity index (χ2n) is 5.43. The number of rotatable bonds is 6. The lowest BCUT2D eigenvalue weighted by Gasteiger charge is -2.27. The summed E-state index contributed by atoms with van der Waals surface area (Å²) in [6.45, 7) is 1.70. The van der Waals surface area contributed by atoms with Gasteiger partial charge in [-0.3, -0.25) is 4.90 Å². The summed E-state index contributed by atoms with van der Waals surface area (Å²) in [6.07, 6.45) is 1.13. The van der Waals surface area contributed by atoms with Gasteiger partial charge in [-0.05, 0) is 36.6 Å². The average molecular weight is 300 g/mol. The molecule has 4 nitrogen and oxygen atoms in total. The van der Waals surface area contributed by atoms with Gasteiger partial charge in [-0.15, -0.1) is 0 Å². The molecule has 1 fully saturated rings. The fraction of sp³-hybridized carbons (Fsp3) is 0.600. The summed E-state index contributed by atoms with van der Waals surface area (Å²) in [5, 5.41) is 0. The van der Waals surface area contributed by atoms with Crippen LogP contribution in [0, 0.1) is 5.92 Å². The second-order valence-corrected chi connectivity index (χ2v) is 5.43. The van der Waals surface area contributed by atoms with Crippen LogP contribution >= 0.6 is 0 Å². The van der Waals surface area contributed by atoms with Crippen molar-refractivity contribution in [2.24, 2.45) is 11.7 Å². The van der Waals surface area contributed by atoms with Crippen molar-refractivity contribution in [1.29, 1.82) is 0 Å². The highest BCUT2D eigenvalue weighted by molar-refractivity contribution is 5.44. The number of halogens is 2. The molecule has 1 aliphatic heterocycles. The number of nitrogens with two attached hydrogens (primary N) is 1. The zero-order valence-corrected chi connectivity index (χ0v) is 12.4. The van der Waals surface area contributed by atoms with E-state index in [4.69, 9.17) is 10.5 Å². The van der Waals surface area contributed by atoms with Gasteiger partial charge in [-0.2, -0.15) is 8.78 Å². The molecule has 0 aliphatic carbocycles. The molecule has 0 radical (unpaired) electrons. The highest BCUT2D eigenvalue weighted by Crippen LogP contribution is 2.34. The molecule has 2 N–H and O–H groups in total. The molecule has 1 aromatic carbocycles. The van der Waals surface area contributed by atoms with E-state index in [1.807, 2.05) is 6.07 Å². The Morgan fingerprint density at radius 2 is 2.14 bits per heavy atom. The van der Waals surface area contributed by atoms with Crippen LogP contribution in [0.4, 0.5) is 8.78 Å². The van der Waals surface area contributed by atoms with Crippen molar-refractivity contribution >= 4 is 0 Å². The van der Waals surface area contributed by atoms with Crippen LogP contribution in [-0.2, 0) is 0 Å². The maximum absolute atomic E-state index is 12.5. The van der Waals surface area contributed by atoms with E-state index in [2.05, 4.69) is 16.6 Å². The van der Waals surface area contributed by atoms with E-state index in [1.165, 1.54) is 7.11 Å². The molecule has 0 amide bonds. The van der Waals surface area contributed by atoms with Crippen molar-refractivity contribution in [3.63, 3.8) is 0 Å². The molecule has 0 spiro atoms. The van der Waals surface area contributed by atoms with Gasteiger partial charge in [0.2, 0.25) is 0 Å². The number of hydrogen-bond donors (Lipinski definition) is 1. The van der Waals surface area contributed by atoms with Crippen LogP contribution in [0.15, 0.2) is 18.2 Å². The Bertz CT molecular complexity index is 471. The molecule has 1 aliphatic rings. The number of ether oxygens (including phenoxy) is 2. The predicted octanol–water partition coefficient (Wildman–Crippen LogP) is 2.64. The van der Waals surface area contributed by atoms with E-state index in [-0.39, 0.29) is 11.8 Å². The SMILES string of the molecule is COc1ccc(C(CN)N2CCC(C)C2)cc1OC(F)F. The van der Waals surface area contributed by atoms with Crippen molar-refractivity contribution in [2.45, 2.75) is 26.0 Å². The lowest BCUT2D eigenvalue weighted by atomic mass is 10.0. The van der Waals surface area contributed by atoms with Gasteiger partial charge in [-0.25, -0.2) is 0 Å². The van der Waals surface area contributed by atoms with Crippen LogP contribution in [-0.4, -0.2) is 38.3 Å². The van der Waals surface area contributed by atoms with Crippen LogP contribution in [0.2, 0.25) is 0 Å². The largest absolute Gasteiger partial charge is 0.493 e. The van der Waals surface area contributed by atoms with Crippen molar-refractivity contribution < 1.29 is 18.3 Å². The first-order valence-corrected chi connectivity index (χ1v) is 7.12. The van der Waals surface area contributed by atoms with E-state index < -0.39 is 6.61 Å². The Labute approximate surface area is 123 Å². The van der Waals surface area contributed by atoms with Gasteiger partial charge < -0.3 is 15.2 Å². The maximum atomic E-state index is 12.5. The van der Waals surface area contributed by atoms with Crippen LogP contribution in [0.5, 0.6) is 11.5 Å². The highest BCUT2D eigenvalue weighted by Gasteiger charge is 2.27. The first-order chi connectivity index (χ1) is 10.0. The average Bonchev–Trinajstić information content (AvgIpc) is 2.86. The molecule has 118 valence electrons. The molecule has 1 aromatic rings. The number of hydrogen-bond acceptors (Lipinski definition) is 4. The molecule has 1 saturated heterocycles. The van der Waals surface area contributed by atoms with E-state index in [1.54, 1.807) is 12.1 Å². The summed E-state index contributed by atoms with van der Waals surface area (Å²) in [7, 11) is 1.43. The van der Waals surface area contributed by atoms with Crippen molar-refractivity contribution in [3.8, 4) is 11.5 Å². The monoisotopic (exact) mass is 300 g/mol. The number of alkyl halides is 2. The number of methoxy groups -OCH3 is 1. The van der Waals surface area contributed by atoms with Gasteiger partial charge in [0.1, 0.15) is 0 Å². The van der Waals surface area contributed by atoms with Gasteiger partial charge in [0, 0.05) is 19.1 Å². The second kappa shape index (κ2) is 7.04. The Kier molecular flexibility index (Phi) is 5.36. The van der Waals surface area contributed by atoms with Gasteiger partial charge in [0.15, 0.2) is 11.5 Å². The zero-order chi connectivity index (χ0) is 15.4. The van der Waals surface area contributed by atoms with E-state index in [0.29, 0.717) is 18.2 Å². The van der Waals surface area contributed by atoms with Crippen LogP contribution in [0.3, 0.4) is 0 Å². The standard InChI is InChI=1S/C15H22F2N2O2/c1-10-5-6-19(9-10)12(8-18)11-3-4-13(20-2)14(7-11)21-15(16)17/h3-4,7,10,12,15H,5-6,8-9,18H2,1-2H3. The van der Waals surface area contributed by atoms with Crippen LogP contribution < -0.4 is 15.2 Å². The molecule has 2 rings (SSSR count). The minimum atomic E-state index is -2.88. The van der Waals surface area contributed by atoms with Gasteiger partial charge in [0.25, 0.3) is 0 Å². The summed E-state index contributed by atoms with van der Waals surface area (Å²) in [4.78, 5) is 2.29. The number of likely N-dealkylation sites (tertiary alicyclic amines) is 1. The van der Waals surface area contributed by atoms with Crippen LogP contribution in [0.25, 0.3) is 0 Å². The minimum absolute atomic E-state index is 0.0147. The number of benzene rings is 1. The molecule has 21 heavy (non-hydrogen) atoms. The topological polar surface area (TPSA) is 47.7 Å². The van der Waals surface area contributed by atoms with E-state index in [9.17, 15) is 8.78 Å². The molecular formula is C15H22F2N2O2. The maximum Gasteiger partial charge on any atom is 0.387 e. The first kappa shape index (κ1) is 16.0. The summed E-state index contributed by atoms with van der Waals surface area (Å²) < 4.78 is 34.6. The fourth-order valence-electron chi connectivity index (χ4n) is 2.84. The van der Waals surface area contributed by atoms with Crippen LogP contribution in [0.1, 0.15) is 24.9 Å². The fourth-order valence-corrected chi connectivity index (χ4v) is 2.84. The van der Waals surface area contributed by atoms with Crippen molar-refractivity contribution in [1.82, 2.24) is 4.90 Å². The lowest BCUT2D eigenvalue weighted by molar-refractivity contribution is -0.0513. The smallest absolute Gasteiger partial charge is 0.387 e. The van der Waals surface area contributed by atoms with Crippen molar-refractivity contribution in [3.05, 3.63) is 23.8 Å². The van der Waals surface area contributed by atoms with Gasteiger partial charge >= 0.3 is 6.61 Å². The molecule has 2 atom stereocenters. The van der Waals surface area contributed by atoms with Gasteiger partial charge in [-0.1, -0.05) is 13.0 Å². The third-order valence-electron chi connectivity index (χ3n) is 3.91. The van der Waals surface area contributed by atoms with Crippen molar-refractivity contribution in [2.75, 3.05) is 26.7 Å². The Hall–Kier alpha value is -1.40. The molecule has 1 heterocycles. The molecule has 0 saturated carbocycles. The Morgan fingerprint density at radius 1 is 1.38 bits per heavy atom. The summed E-state index contributed by atoms with van der Waals surface area (Å²) in [5.41, 5.74) is 6.77. The first-order valence-electron chi connectivity index (χ1n) is 7.12. The third kappa shape index (κ3) is 3.83. The summed E-state index contributed by atoms with van der Waals surface area (Å²) >= 11 is 0. The highest BCUT2D eigenvalue weighted by atomic mass is 19.3. The normalized spacial score (nSPS) is 20.8. The minimum Gasteiger partial charge on any atom is -0.493 e. The number of nitrogens with zero attached hydrogens (tertiary/aromatic N) is 1. The quantitative estimate of drug-likeness (QED) is 0.877. The summed E-state index contributed by atoms with van der Waals surface area (Å²) in [6, 6.07) is 5.12. The Balaban J connectivity index is 2.24. The molecule has 2 unspecified atom stereocenters. The molecule has 6 heteroatoms. The predicted molar refractivity (Wildman–Crippen MR) is 76.8 cm³/mol. The van der Waals surface area contributed by atoms with Gasteiger partial charge in [0.05, 0.1) is 7.11 Å². The van der Waals surface area contributed by atoms with E-state index in [0.717, 1.165) is 25.1 Å². The lowest BCUT2D eigenvalue weighted by Crippen LogP contribution is -2.32. The zero-order valence-electron chi connectivity index (χ0n) is 12.4. The third-order valence-corrected chi connectivity index (χ3v) is 3.91.